The second-order valence-electron chi connectivity index (χ2n) is 27.1. The fourth-order valence-electron chi connectivity index (χ4n) is 16.4. The molecule has 15 heterocycles. The van der Waals surface area contributed by atoms with Crippen LogP contribution in [-0.2, 0) is 9.59 Å². The summed E-state index contributed by atoms with van der Waals surface area (Å²) in [6.07, 6.45) is 23.3. The lowest BCUT2D eigenvalue weighted by molar-refractivity contribution is -0.193. The van der Waals surface area contributed by atoms with Gasteiger partial charge < -0.3 is 48.5 Å². The quantitative estimate of drug-likeness (QED) is 0.126. The van der Waals surface area contributed by atoms with Crippen molar-refractivity contribution in [2.24, 2.45) is 23.7 Å². The summed E-state index contributed by atoms with van der Waals surface area (Å²) in [6.45, 7) is 7.37. The van der Waals surface area contributed by atoms with Gasteiger partial charge in [-0.1, -0.05) is 48.5 Å². The summed E-state index contributed by atoms with van der Waals surface area (Å²) >= 11 is 0. The zero-order chi connectivity index (χ0) is 75.4. The highest BCUT2D eigenvalue weighted by Gasteiger charge is 2.44. The molecule has 11 aromatic rings. The summed E-state index contributed by atoms with van der Waals surface area (Å²) < 4.78 is 130. The van der Waals surface area contributed by atoms with Gasteiger partial charge in [0.25, 0.3) is 0 Å². The first-order valence-corrected chi connectivity index (χ1v) is 35.3. The number of fused-ring (bicyclic) bond motifs is 12. The number of aromatic nitrogens is 14. The van der Waals surface area contributed by atoms with Crippen LogP contribution >= 0.6 is 0 Å². The normalized spacial score (nSPS) is 19.1. The summed E-state index contributed by atoms with van der Waals surface area (Å²) in [5.41, 5.74) is 11.4. The number of benzene rings is 4. The Morgan fingerprint density at radius 3 is 0.796 bits per heavy atom. The van der Waals surface area contributed by atoms with Crippen molar-refractivity contribution in [3.05, 3.63) is 224 Å². The Kier molecular flexibility index (Phi) is 21.5. The number of hydrogen-bond donors (Lipinski definition) is 3. The molecule has 4 fully saturated rings. The van der Waals surface area contributed by atoms with Crippen LogP contribution in [0.25, 0.3) is 45.0 Å². The third-order valence-corrected chi connectivity index (χ3v) is 21.1. The number of nitrogens with zero attached hydrogens (tertiary/aromatic N) is 17. The number of carbonyl (C=O) groups is 2. The number of nitrogens with one attached hydrogen (secondary N) is 1. The van der Waals surface area contributed by atoms with Crippen LogP contribution in [0.5, 0.6) is 0 Å². The first kappa shape index (κ1) is 73.5. The molecular weight excluding hydrogens is 1420 g/mol. The molecule has 4 saturated heterocycles. The second-order valence-corrected chi connectivity index (χ2v) is 27.1. The molecule has 32 heteroatoms. The van der Waals surface area contributed by atoms with Crippen LogP contribution in [0.3, 0.4) is 0 Å². The van der Waals surface area contributed by atoms with Gasteiger partial charge in [-0.3, -0.25) is 0 Å². The van der Waals surface area contributed by atoms with Crippen molar-refractivity contribution in [1.82, 2.24) is 73.4 Å². The summed E-state index contributed by atoms with van der Waals surface area (Å²) in [6, 6.07) is 27.1. The number of alkyl halides is 6. The Bertz CT molecular complexity index is 4530. The van der Waals surface area contributed by atoms with Crippen molar-refractivity contribution in [3.8, 4) is 45.0 Å². The summed E-state index contributed by atoms with van der Waals surface area (Å²) in [7, 11) is 0. The molecule has 7 aromatic heterocycles. The zero-order valence-electron chi connectivity index (χ0n) is 57.8. The molecule has 4 atom stereocenters. The van der Waals surface area contributed by atoms with Gasteiger partial charge in [-0.15, -0.1) is 0 Å². The van der Waals surface area contributed by atoms with Crippen LogP contribution in [0.2, 0.25) is 0 Å². The molecule has 4 aromatic carbocycles. The third-order valence-electron chi connectivity index (χ3n) is 21.1. The van der Waals surface area contributed by atoms with Crippen LogP contribution in [0.1, 0.15) is 97.8 Å². The number of rotatable bonds is 7. The Hall–Kier alpha value is -11.4. The van der Waals surface area contributed by atoms with E-state index in [0.29, 0.717) is 23.7 Å². The Morgan fingerprint density at radius 2 is 0.574 bits per heavy atom. The first-order chi connectivity index (χ1) is 52.2. The fraction of sp³-hybridized carbons (Fsp3) is 0.342. The third kappa shape index (κ3) is 15.0. The van der Waals surface area contributed by atoms with E-state index in [0.717, 1.165) is 189 Å². The highest BCUT2D eigenvalue weighted by Crippen LogP contribution is 2.51. The van der Waals surface area contributed by atoms with Crippen LogP contribution in [0.15, 0.2) is 178 Å². The minimum atomic E-state index is -5.08. The van der Waals surface area contributed by atoms with E-state index >= 15 is 0 Å². The van der Waals surface area contributed by atoms with Gasteiger partial charge in [0.2, 0.25) is 17.8 Å². The van der Waals surface area contributed by atoms with E-state index < -0.39 is 24.3 Å². The molecule has 8 aliphatic rings. The van der Waals surface area contributed by atoms with Crippen LogP contribution in [0.4, 0.5) is 61.7 Å². The van der Waals surface area contributed by atoms with E-state index in [4.69, 9.17) is 19.8 Å². The maximum Gasteiger partial charge on any atom is 0.490 e. The summed E-state index contributed by atoms with van der Waals surface area (Å²) in [4.78, 5) is 67.6. The average Bonchev–Trinajstić information content (AvgIpc) is 1.61. The molecule has 3 N–H and O–H groups in total. The lowest BCUT2D eigenvalue weighted by Crippen LogP contribution is -2.37. The lowest BCUT2D eigenvalue weighted by atomic mass is 9.85. The molecule has 4 unspecified atom stereocenters. The van der Waals surface area contributed by atoms with E-state index in [1.54, 1.807) is 85.7 Å². The topological polar surface area (TPSA) is 245 Å². The predicted octanol–water partition coefficient (Wildman–Crippen LogP) is 13.8. The standard InChI is InChI=1S/3C19H18FN5.C15H16FN3.2C2HF3O2/c3*20-15-4-1-3-14-16-11-21-12-25(16)18(17(14)15)13-5-9-24(10-6-13)19-22-7-2-8-23-19;16-12-3-1-2-11-13-8-18-9-19(13)15(14(11)12)10-4-6-17-7-5-10;2*3-2(4,5)1(6)7/h3*1-4,7-8,11-13,18H,5-6,9-10H2;1-3,8-10,15,17H,4-7H2;2*(H,6,7). The molecule has 0 radical (unpaired) electrons. The highest BCUT2D eigenvalue weighted by atomic mass is 19.4. The summed E-state index contributed by atoms with van der Waals surface area (Å²) in [5.74, 6) is -1.95. The van der Waals surface area contributed by atoms with E-state index in [-0.39, 0.29) is 47.4 Å². The number of carboxylic acid groups (broad SMARTS) is 2. The number of halogens is 10. The smallest absolute Gasteiger partial charge is 0.475 e. The van der Waals surface area contributed by atoms with E-state index in [2.05, 4.69) is 88.1 Å². The number of imidazole rings is 4. The van der Waals surface area contributed by atoms with Crippen LogP contribution in [-0.4, -0.2) is 155 Å². The van der Waals surface area contributed by atoms with Gasteiger partial charge in [0.1, 0.15) is 23.3 Å². The number of piperidine rings is 4. The number of hydrogen-bond acceptors (Lipinski definition) is 16. The van der Waals surface area contributed by atoms with Crippen molar-refractivity contribution in [1.29, 1.82) is 0 Å². The van der Waals surface area contributed by atoms with Crippen molar-refractivity contribution in [2.45, 2.75) is 87.9 Å². The maximum atomic E-state index is 14.6. The molecular formula is C76H72F10N18O4. The molecule has 19 rings (SSSR count). The number of aliphatic carboxylic acids is 2. The average molecular weight is 1490 g/mol. The maximum absolute atomic E-state index is 14.6. The Labute approximate surface area is 611 Å². The minimum absolute atomic E-state index is 0.0348. The summed E-state index contributed by atoms with van der Waals surface area (Å²) in [5, 5.41) is 17.6. The minimum Gasteiger partial charge on any atom is -0.475 e. The monoisotopic (exact) mass is 1490 g/mol. The van der Waals surface area contributed by atoms with Gasteiger partial charge in [-0.2, -0.15) is 26.3 Å². The van der Waals surface area contributed by atoms with E-state index in [1.807, 2.05) is 92.6 Å². The molecule has 0 amide bonds. The molecule has 0 aliphatic carbocycles. The molecule has 8 aliphatic heterocycles. The molecule has 560 valence electrons. The van der Waals surface area contributed by atoms with Crippen molar-refractivity contribution >= 4 is 29.8 Å². The van der Waals surface area contributed by atoms with E-state index in [1.165, 1.54) is 0 Å². The molecule has 22 nitrogen and oxygen atoms in total. The van der Waals surface area contributed by atoms with Crippen molar-refractivity contribution < 1.29 is 63.7 Å². The van der Waals surface area contributed by atoms with Crippen molar-refractivity contribution in [2.75, 3.05) is 67.1 Å². The van der Waals surface area contributed by atoms with Gasteiger partial charge in [0, 0.05) is 121 Å². The Morgan fingerprint density at radius 1 is 0.352 bits per heavy atom. The SMILES string of the molecule is Fc1cccc2c1C(C1CCN(c3ncccn3)CC1)n1cncc1-2.Fc1cccc2c1C(C1CCN(c3ncccn3)CC1)n1cncc1-2.Fc1cccc2c1C(C1CCN(c3ncccn3)CC1)n1cncc1-2.Fc1cccc2c1C(C1CCNCC1)n1cncc1-2.O=C(O)C(F)(F)F.O=C(O)C(F)(F)F. The molecule has 0 spiro atoms. The molecule has 0 bridgehead atoms. The van der Waals surface area contributed by atoms with Gasteiger partial charge >= 0.3 is 24.3 Å². The van der Waals surface area contributed by atoms with Crippen LogP contribution in [0, 0.1) is 46.9 Å². The number of carboxylic acids is 2. The van der Waals surface area contributed by atoms with Crippen LogP contribution < -0.4 is 20.0 Å². The van der Waals surface area contributed by atoms with Gasteiger partial charge in [-0.05, 0) is 131 Å². The zero-order valence-corrected chi connectivity index (χ0v) is 57.8. The second kappa shape index (κ2) is 31.6. The Balaban J connectivity index is 0.000000114. The first-order valence-electron chi connectivity index (χ1n) is 35.3. The highest BCUT2D eigenvalue weighted by molar-refractivity contribution is 5.74. The molecule has 108 heavy (non-hydrogen) atoms. The largest absolute Gasteiger partial charge is 0.490 e. The predicted molar refractivity (Wildman–Crippen MR) is 377 cm³/mol. The number of anilines is 3. The van der Waals surface area contributed by atoms with E-state index in [9.17, 15) is 43.9 Å². The lowest BCUT2D eigenvalue weighted by Gasteiger charge is -2.35. The van der Waals surface area contributed by atoms with Gasteiger partial charge in [-0.25, -0.2) is 77.0 Å². The molecule has 0 saturated carbocycles. The van der Waals surface area contributed by atoms with Crippen molar-refractivity contribution in [3.63, 3.8) is 0 Å². The fourth-order valence-corrected chi connectivity index (χ4v) is 16.4. The van der Waals surface area contributed by atoms with Gasteiger partial charge in [0.15, 0.2) is 0 Å². The van der Waals surface area contributed by atoms with Gasteiger partial charge in [0.05, 0.1) is 97.0 Å².